The predicted octanol–water partition coefficient (Wildman–Crippen LogP) is 3.50. The molecule has 0 atom stereocenters. The second kappa shape index (κ2) is 4.81. The Kier molecular flexibility index (Phi) is 3.65. The number of allylic oxidation sites excluding steroid dienone is 6. The molecule has 0 heterocycles. The fourth-order valence-electron chi connectivity index (χ4n) is 1.25. The van der Waals surface area contributed by atoms with E-state index in [1.807, 2.05) is 24.3 Å². The summed E-state index contributed by atoms with van der Waals surface area (Å²) in [6.07, 6.45) is 12.1. The quantitative estimate of drug-likeness (QED) is 0.498. The van der Waals surface area contributed by atoms with E-state index in [0.717, 1.165) is 18.4 Å². The molecule has 0 spiro atoms. The van der Waals surface area contributed by atoms with Crippen molar-refractivity contribution in [3.8, 4) is 0 Å². The molecule has 1 N–H and O–H groups in total. The summed E-state index contributed by atoms with van der Waals surface area (Å²) in [7, 11) is 0. The number of unbranched alkanes of at least 4 members (excludes halogenated alkanes) is 2. The molecule has 0 bridgehead atoms. The van der Waals surface area contributed by atoms with E-state index in [2.05, 4.69) is 6.92 Å². The number of aliphatic hydroxyl groups excluding tert-OH is 1. The molecule has 1 nitrogen and oxygen atoms in total. The smallest absolute Gasteiger partial charge is 0.0994 e. The van der Waals surface area contributed by atoms with Crippen LogP contribution < -0.4 is 0 Å². The molecule has 0 amide bonds. The first-order valence-corrected chi connectivity index (χ1v) is 4.61. The molecule has 1 rings (SSSR count). The lowest BCUT2D eigenvalue weighted by Crippen LogP contribution is -1.85. The molecular formula is C11H16O. The lowest BCUT2D eigenvalue weighted by Gasteiger charge is -2.00. The van der Waals surface area contributed by atoms with Crippen LogP contribution in [0.4, 0.5) is 0 Å². The molecule has 1 heteroatoms. The summed E-state index contributed by atoms with van der Waals surface area (Å²) in [4.78, 5) is 0. The third-order valence-electron chi connectivity index (χ3n) is 2.01. The third-order valence-corrected chi connectivity index (χ3v) is 2.01. The van der Waals surface area contributed by atoms with Gasteiger partial charge in [0.15, 0.2) is 0 Å². The Balaban J connectivity index is 2.36. The molecule has 66 valence electrons. The summed E-state index contributed by atoms with van der Waals surface area (Å²) in [5.74, 6) is 0.536. The van der Waals surface area contributed by atoms with Gasteiger partial charge >= 0.3 is 0 Å². The van der Waals surface area contributed by atoms with Gasteiger partial charge in [0.2, 0.25) is 0 Å². The highest BCUT2D eigenvalue weighted by atomic mass is 16.3. The van der Waals surface area contributed by atoms with Crippen LogP contribution in [-0.4, -0.2) is 5.11 Å². The molecule has 1 aliphatic carbocycles. The van der Waals surface area contributed by atoms with Gasteiger partial charge in [-0.2, -0.15) is 0 Å². The van der Waals surface area contributed by atoms with E-state index in [4.69, 9.17) is 0 Å². The average molecular weight is 164 g/mol. The molecule has 0 unspecified atom stereocenters. The minimum atomic E-state index is 0.536. The second-order valence-corrected chi connectivity index (χ2v) is 3.08. The van der Waals surface area contributed by atoms with Crippen LogP contribution >= 0.6 is 0 Å². The van der Waals surface area contributed by atoms with Gasteiger partial charge in [0.25, 0.3) is 0 Å². The average Bonchev–Trinajstić information content (AvgIpc) is 2.56. The molecule has 0 saturated heterocycles. The maximum absolute atomic E-state index is 9.55. The lowest BCUT2D eigenvalue weighted by molar-refractivity contribution is 0.378. The van der Waals surface area contributed by atoms with Crippen LogP contribution in [0.3, 0.4) is 0 Å². The van der Waals surface area contributed by atoms with E-state index in [1.165, 1.54) is 12.8 Å². The van der Waals surface area contributed by atoms with Gasteiger partial charge < -0.3 is 5.11 Å². The van der Waals surface area contributed by atoms with Gasteiger partial charge in [0.1, 0.15) is 0 Å². The molecule has 0 saturated carbocycles. The molecule has 0 radical (unpaired) electrons. The van der Waals surface area contributed by atoms with Crippen molar-refractivity contribution in [2.75, 3.05) is 0 Å². The normalized spacial score (nSPS) is 14.2. The minimum absolute atomic E-state index is 0.536. The number of hydrogen-bond donors (Lipinski definition) is 1. The monoisotopic (exact) mass is 164 g/mol. The van der Waals surface area contributed by atoms with Crippen LogP contribution in [-0.2, 0) is 0 Å². The fraction of sp³-hybridized carbons (Fsp3) is 0.455. The first-order valence-electron chi connectivity index (χ1n) is 4.61. The van der Waals surface area contributed by atoms with Crippen molar-refractivity contribution < 1.29 is 5.11 Å². The Morgan fingerprint density at radius 3 is 2.50 bits per heavy atom. The standard InChI is InChI=1S/C11H16O/c1-2-3-4-9-11(12)10-7-5-6-8-10/h5-8,12H,2-4,9H2,1H3. The zero-order chi connectivity index (χ0) is 8.81. The summed E-state index contributed by atoms with van der Waals surface area (Å²) in [6, 6.07) is 0. The summed E-state index contributed by atoms with van der Waals surface area (Å²) >= 11 is 0. The van der Waals surface area contributed by atoms with Crippen molar-refractivity contribution in [1.29, 1.82) is 0 Å². The van der Waals surface area contributed by atoms with E-state index in [-0.39, 0.29) is 0 Å². The molecular weight excluding hydrogens is 148 g/mol. The molecule has 0 aromatic rings. The van der Waals surface area contributed by atoms with Gasteiger partial charge in [0, 0.05) is 12.0 Å². The Hall–Kier alpha value is -0.980. The van der Waals surface area contributed by atoms with Gasteiger partial charge in [-0.15, -0.1) is 0 Å². The zero-order valence-corrected chi connectivity index (χ0v) is 7.59. The van der Waals surface area contributed by atoms with Crippen LogP contribution in [0, 0.1) is 0 Å². The van der Waals surface area contributed by atoms with E-state index < -0.39 is 0 Å². The van der Waals surface area contributed by atoms with Crippen molar-refractivity contribution in [2.45, 2.75) is 32.6 Å². The highest BCUT2D eigenvalue weighted by Crippen LogP contribution is 2.16. The van der Waals surface area contributed by atoms with Gasteiger partial charge in [-0.05, 0) is 6.42 Å². The topological polar surface area (TPSA) is 20.2 Å². The van der Waals surface area contributed by atoms with E-state index in [1.54, 1.807) is 0 Å². The van der Waals surface area contributed by atoms with Gasteiger partial charge in [-0.1, -0.05) is 44.1 Å². The third kappa shape index (κ3) is 2.57. The number of hydrogen-bond acceptors (Lipinski definition) is 1. The van der Waals surface area contributed by atoms with E-state index in [9.17, 15) is 5.11 Å². The Morgan fingerprint density at radius 1 is 1.25 bits per heavy atom. The van der Waals surface area contributed by atoms with Crippen LogP contribution in [0.5, 0.6) is 0 Å². The molecule has 0 fully saturated rings. The molecule has 1 aliphatic rings. The Labute approximate surface area is 74.1 Å². The van der Waals surface area contributed by atoms with Crippen LogP contribution in [0.25, 0.3) is 0 Å². The summed E-state index contributed by atoms with van der Waals surface area (Å²) in [5.41, 5.74) is 0.978. The molecule has 0 aromatic carbocycles. The minimum Gasteiger partial charge on any atom is -0.512 e. The highest BCUT2D eigenvalue weighted by molar-refractivity contribution is 5.41. The highest BCUT2D eigenvalue weighted by Gasteiger charge is 2.00. The summed E-state index contributed by atoms with van der Waals surface area (Å²) in [5, 5.41) is 9.55. The predicted molar refractivity (Wildman–Crippen MR) is 52.1 cm³/mol. The summed E-state index contributed by atoms with van der Waals surface area (Å²) in [6.45, 7) is 2.17. The second-order valence-electron chi connectivity index (χ2n) is 3.08. The van der Waals surface area contributed by atoms with Gasteiger partial charge in [-0.25, -0.2) is 0 Å². The molecule has 12 heavy (non-hydrogen) atoms. The number of aliphatic hydroxyl groups is 1. The zero-order valence-electron chi connectivity index (χ0n) is 7.59. The van der Waals surface area contributed by atoms with Gasteiger partial charge in [0.05, 0.1) is 5.76 Å². The maximum Gasteiger partial charge on any atom is 0.0994 e. The summed E-state index contributed by atoms with van der Waals surface area (Å²) < 4.78 is 0. The number of rotatable bonds is 4. The maximum atomic E-state index is 9.55. The molecule has 0 aliphatic heterocycles. The SMILES string of the molecule is CCCCCC(O)=C1C=CC=C1. The Morgan fingerprint density at radius 2 is 1.92 bits per heavy atom. The van der Waals surface area contributed by atoms with Gasteiger partial charge in [-0.3, -0.25) is 0 Å². The molecule has 0 aromatic heterocycles. The van der Waals surface area contributed by atoms with E-state index in [0.29, 0.717) is 5.76 Å². The lowest BCUT2D eigenvalue weighted by atomic mass is 10.1. The van der Waals surface area contributed by atoms with E-state index >= 15 is 0 Å². The van der Waals surface area contributed by atoms with Crippen molar-refractivity contribution in [1.82, 2.24) is 0 Å². The Bertz CT molecular complexity index is 207. The van der Waals surface area contributed by atoms with Crippen molar-refractivity contribution in [3.05, 3.63) is 35.6 Å². The van der Waals surface area contributed by atoms with Crippen molar-refractivity contribution in [2.24, 2.45) is 0 Å². The fourth-order valence-corrected chi connectivity index (χ4v) is 1.25. The van der Waals surface area contributed by atoms with Crippen LogP contribution in [0.1, 0.15) is 32.6 Å². The van der Waals surface area contributed by atoms with Crippen molar-refractivity contribution >= 4 is 0 Å². The first kappa shape index (κ1) is 9.11. The van der Waals surface area contributed by atoms with Crippen LogP contribution in [0.15, 0.2) is 35.6 Å². The van der Waals surface area contributed by atoms with Crippen molar-refractivity contribution in [3.63, 3.8) is 0 Å². The first-order chi connectivity index (χ1) is 5.84. The van der Waals surface area contributed by atoms with Crippen LogP contribution in [0.2, 0.25) is 0 Å². The largest absolute Gasteiger partial charge is 0.512 e.